The normalized spacial score (nSPS) is 16.3. The summed E-state index contributed by atoms with van der Waals surface area (Å²) < 4.78 is 17.5. The molecule has 0 aromatic heterocycles. The van der Waals surface area contributed by atoms with Crippen LogP contribution in [-0.2, 0) is 20.9 Å². The van der Waals surface area contributed by atoms with Crippen LogP contribution in [0.1, 0.15) is 27.9 Å². The molecule has 2 aromatic carbocycles. The highest BCUT2D eigenvalue weighted by atomic mass is 79.9. The molecule has 26 heavy (non-hydrogen) atoms. The van der Waals surface area contributed by atoms with Crippen LogP contribution in [0.3, 0.4) is 0 Å². The molecule has 5 nitrogen and oxygen atoms in total. The molecular weight excluding hydrogens is 468 g/mol. The second-order valence-corrected chi connectivity index (χ2v) is 7.60. The maximum atomic E-state index is 12.1. The first-order valence-electron chi connectivity index (χ1n) is 7.99. The number of ether oxygens (including phenoxy) is 3. The lowest BCUT2D eigenvalue weighted by atomic mass is 10.1. The van der Waals surface area contributed by atoms with Crippen LogP contribution in [0, 0.1) is 6.92 Å². The van der Waals surface area contributed by atoms with Crippen molar-refractivity contribution in [3.05, 3.63) is 62.0 Å². The molecular formula is C19H16Br2O5. The van der Waals surface area contributed by atoms with Crippen molar-refractivity contribution in [2.24, 2.45) is 0 Å². The lowest BCUT2D eigenvalue weighted by Gasteiger charge is -2.12. The van der Waals surface area contributed by atoms with E-state index in [1.54, 1.807) is 24.3 Å². The Balaban J connectivity index is 1.61. The third kappa shape index (κ3) is 4.45. The highest BCUT2D eigenvalue weighted by Crippen LogP contribution is 2.35. The van der Waals surface area contributed by atoms with Crippen LogP contribution < -0.4 is 4.74 Å². The van der Waals surface area contributed by atoms with Crippen molar-refractivity contribution >= 4 is 43.8 Å². The summed E-state index contributed by atoms with van der Waals surface area (Å²) >= 11 is 6.99. The minimum absolute atomic E-state index is 0.289. The van der Waals surface area contributed by atoms with Gasteiger partial charge in [0, 0.05) is 6.42 Å². The summed E-state index contributed by atoms with van der Waals surface area (Å²) in [6.07, 6.45) is -0.404. The fourth-order valence-electron chi connectivity index (χ4n) is 2.50. The third-order valence-corrected chi connectivity index (χ3v) is 5.03. The van der Waals surface area contributed by atoms with Gasteiger partial charge in [-0.15, -0.1) is 0 Å². The van der Waals surface area contributed by atoms with Crippen molar-refractivity contribution < 1.29 is 23.8 Å². The maximum Gasteiger partial charge on any atom is 0.347 e. The average Bonchev–Trinajstić information content (AvgIpc) is 2.99. The van der Waals surface area contributed by atoms with Crippen LogP contribution in [0.5, 0.6) is 5.75 Å². The molecule has 1 unspecified atom stereocenters. The summed E-state index contributed by atoms with van der Waals surface area (Å²) in [6, 6.07) is 10.8. The molecule has 0 bridgehead atoms. The SMILES string of the molecule is Cc1cc(Br)c(OCc2ccc(C(=O)OC3CCOC3=O)cc2)c(Br)c1. The van der Waals surface area contributed by atoms with Gasteiger partial charge in [-0.1, -0.05) is 12.1 Å². The number of benzene rings is 2. The largest absolute Gasteiger partial charge is 0.487 e. The van der Waals surface area contributed by atoms with Crippen molar-refractivity contribution in [1.29, 1.82) is 0 Å². The van der Waals surface area contributed by atoms with Gasteiger partial charge in [0.25, 0.3) is 0 Å². The molecule has 3 rings (SSSR count). The monoisotopic (exact) mass is 482 g/mol. The Hall–Kier alpha value is -1.86. The highest BCUT2D eigenvalue weighted by molar-refractivity contribution is 9.11. The van der Waals surface area contributed by atoms with E-state index in [0.29, 0.717) is 18.6 Å². The minimum atomic E-state index is -0.804. The Labute approximate surface area is 167 Å². The van der Waals surface area contributed by atoms with Gasteiger partial charge in [0.1, 0.15) is 12.4 Å². The van der Waals surface area contributed by atoms with Gasteiger partial charge < -0.3 is 14.2 Å². The minimum Gasteiger partial charge on any atom is -0.487 e. The topological polar surface area (TPSA) is 61.8 Å². The van der Waals surface area contributed by atoms with Gasteiger partial charge in [0.2, 0.25) is 6.10 Å². The summed E-state index contributed by atoms with van der Waals surface area (Å²) in [7, 11) is 0. The summed E-state index contributed by atoms with van der Waals surface area (Å²) in [5, 5.41) is 0. The van der Waals surface area contributed by atoms with Crippen LogP contribution in [0.25, 0.3) is 0 Å². The van der Waals surface area contributed by atoms with Crippen LogP contribution >= 0.6 is 31.9 Å². The van der Waals surface area contributed by atoms with Gasteiger partial charge in [0.15, 0.2) is 0 Å². The van der Waals surface area contributed by atoms with Crippen LogP contribution in [0.2, 0.25) is 0 Å². The van der Waals surface area contributed by atoms with Gasteiger partial charge in [-0.2, -0.15) is 0 Å². The van der Waals surface area contributed by atoms with Crippen molar-refractivity contribution in [2.45, 2.75) is 26.1 Å². The van der Waals surface area contributed by atoms with Crippen molar-refractivity contribution in [3.63, 3.8) is 0 Å². The quantitative estimate of drug-likeness (QED) is 0.583. The Morgan fingerprint density at radius 3 is 2.42 bits per heavy atom. The second-order valence-electron chi connectivity index (χ2n) is 5.89. The predicted octanol–water partition coefficient (Wildman–Crippen LogP) is 4.57. The highest BCUT2D eigenvalue weighted by Gasteiger charge is 2.30. The molecule has 0 amide bonds. The lowest BCUT2D eigenvalue weighted by Crippen LogP contribution is -2.22. The number of carbonyl (C=O) groups excluding carboxylic acids is 2. The molecule has 2 aromatic rings. The molecule has 1 aliphatic rings. The van der Waals surface area contributed by atoms with Gasteiger partial charge in [-0.3, -0.25) is 0 Å². The Bertz CT molecular complexity index is 809. The zero-order valence-electron chi connectivity index (χ0n) is 14.0. The second kappa shape index (κ2) is 8.22. The molecule has 0 aliphatic carbocycles. The van der Waals surface area contributed by atoms with E-state index in [4.69, 9.17) is 14.2 Å². The van der Waals surface area contributed by atoms with Crippen molar-refractivity contribution in [1.82, 2.24) is 0 Å². The molecule has 0 spiro atoms. The van der Waals surface area contributed by atoms with Gasteiger partial charge in [-0.25, -0.2) is 9.59 Å². The first-order chi connectivity index (χ1) is 12.4. The molecule has 1 saturated heterocycles. The van der Waals surface area contributed by atoms with E-state index in [2.05, 4.69) is 31.9 Å². The summed E-state index contributed by atoms with van der Waals surface area (Å²) in [4.78, 5) is 23.5. The smallest absolute Gasteiger partial charge is 0.347 e. The summed E-state index contributed by atoms with van der Waals surface area (Å²) in [6.45, 7) is 2.64. The molecule has 7 heteroatoms. The Morgan fingerprint density at radius 2 is 1.85 bits per heavy atom. The lowest BCUT2D eigenvalue weighted by molar-refractivity contribution is -0.145. The number of esters is 2. The van der Waals surface area contributed by atoms with E-state index in [1.165, 1.54) is 0 Å². The number of halogens is 2. The fraction of sp³-hybridized carbons (Fsp3) is 0.263. The number of aryl methyl sites for hydroxylation is 1. The first-order valence-corrected chi connectivity index (χ1v) is 9.57. The van der Waals surface area contributed by atoms with Gasteiger partial charge in [0.05, 0.1) is 21.1 Å². The maximum absolute atomic E-state index is 12.1. The van der Waals surface area contributed by atoms with E-state index < -0.39 is 18.0 Å². The van der Waals surface area contributed by atoms with E-state index in [0.717, 1.165) is 25.8 Å². The van der Waals surface area contributed by atoms with Crippen molar-refractivity contribution in [2.75, 3.05) is 6.61 Å². The number of cyclic esters (lactones) is 1. The molecule has 1 atom stereocenters. The summed E-state index contributed by atoms with van der Waals surface area (Å²) in [5.74, 6) is -0.304. The van der Waals surface area contributed by atoms with Crippen LogP contribution in [0.15, 0.2) is 45.3 Å². The van der Waals surface area contributed by atoms with E-state index in [1.807, 2.05) is 19.1 Å². The van der Waals surface area contributed by atoms with Crippen molar-refractivity contribution in [3.8, 4) is 5.75 Å². The number of rotatable bonds is 5. The fourth-order valence-corrected chi connectivity index (χ4v) is 4.14. The standard InChI is InChI=1S/C19H16Br2O5/c1-11-8-14(20)17(15(21)9-11)25-10-12-2-4-13(5-3-12)18(22)26-16-6-7-24-19(16)23/h2-5,8-9,16H,6-7,10H2,1H3. The van der Waals surface area contributed by atoms with E-state index in [9.17, 15) is 9.59 Å². The van der Waals surface area contributed by atoms with Gasteiger partial charge >= 0.3 is 11.9 Å². The zero-order valence-corrected chi connectivity index (χ0v) is 17.1. The number of hydrogen-bond acceptors (Lipinski definition) is 5. The number of carbonyl (C=O) groups is 2. The molecule has 1 aliphatic heterocycles. The molecule has 0 radical (unpaired) electrons. The third-order valence-electron chi connectivity index (χ3n) is 3.85. The molecule has 1 fully saturated rings. The first kappa shape index (κ1) is 18.9. The molecule has 136 valence electrons. The van der Waals surface area contributed by atoms with Crippen LogP contribution in [-0.4, -0.2) is 24.6 Å². The predicted molar refractivity (Wildman–Crippen MR) is 102 cm³/mol. The van der Waals surface area contributed by atoms with Gasteiger partial charge in [-0.05, 0) is 74.2 Å². The zero-order chi connectivity index (χ0) is 18.7. The molecule has 0 saturated carbocycles. The molecule has 0 N–H and O–H groups in total. The van der Waals surface area contributed by atoms with E-state index in [-0.39, 0.29) is 6.61 Å². The van der Waals surface area contributed by atoms with E-state index >= 15 is 0 Å². The Morgan fingerprint density at radius 1 is 1.19 bits per heavy atom. The Kier molecular flexibility index (Phi) is 5.98. The molecule has 1 heterocycles. The number of hydrogen-bond donors (Lipinski definition) is 0. The summed E-state index contributed by atoms with van der Waals surface area (Å²) in [5.41, 5.74) is 2.40. The van der Waals surface area contributed by atoms with Crippen LogP contribution in [0.4, 0.5) is 0 Å². The average molecular weight is 484 g/mol.